The van der Waals surface area contributed by atoms with Gasteiger partial charge < -0.3 is 15.4 Å². The Bertz CT molecular complexity index is 326. The molecule has 1 aromatic heterocycles. The van der Waals surface area contributed by atoms with Crippen molar-refractivity contribution in [1.82, 2.24) is 4.98 Å². The molecule has 15 heavy (non-hydrogen) atoms. The van der Waals surface area contributed by atoms with Crippen LogP contribution in [0.4, 0.5) is 5.13 Å². The number of hydrogen-bond acceptors (Lipinski definition) is 5. The van der Waals surface area contributed by atoms with E-state index in [-0.39, 0.29) is 6.04 Å². The van der Waals surface area contributed by atoms with Gasteiger partial charge in [-0.25, -0.2) is 4.98 Å². The molecule has 5 heteroatoms. The fourth-order valence-corrected chi connectivity index (χ4v) is 2.69. The van der Waals surface area contributed by atoms with Crippen molar-refractivity contribution < 1.29 is 4.74 Å². The lowest BCUT2D eigenvalue weighted by molar-refractivity contribution is 0.0989. The molecule has 1 saturated heterocycles. The van der Waals surface area contributed by atoms with Crippen LogP contribution >= 0.6 is 11.3 Å². The fourth-order valence-electron chi connectivity index (χ4n) is 1.63. The maximum Gasteiger partial charge on any atom is 0.185 e. The predicted octanol–water partition coefficient (Wildman–Crippen LogP) is 1.39. The maximum atomic E-state index is 5.79. The lowest BCUT2D eigenvalue weighted by atomic mass is 10.3. The number of thiazole rings is 1. The van der Waals surface area contributed by atoms with Gasteiger partial charge in [-0.1, -0.05) is 0 Å². The van der Waals surface area contributed by atoms with Crippen molar-refractivity contribution in [2.75, 3.05) is 24.7 Å². The van der Waals surface area contributed by atoms with Gasteiger partial charge in [-0.15, -0.1) is 11.3 Å². The lowest BCUT2D eigenvalue weighted by Crippen LogP contribution is -2.43. The minimum atomic E-state index is 0.0198. The molecule has 2 heterocycles. The van der Waals surface area contributed by atoms with E-state index in [0.717, 1.165) is 30.6 Å². The molecule has 84 valence electrons. The van der Waals surface area contributed by atoms with Crippen LogP contribution in [0.5, 0.6) is 0 Å². The van der Waals surface area contributed by atoms with E-state index in [4.69, 9.17) is 10.5 Å². The molecule has 1 aliphatic rings. The molecule has 0 aromatic carbocycles. The molecule has 1 fully saturated rings. The summed E-state index contributed by atoms with van der Waals surface area (Å²) in [5.41, 5.74) is 6.77. The summed E-state index contributed by atoms with van der Waals surface area (Å²) in [5.74, 6) is 0. The van der Waals surface area contributed by atoms with Gasteiger partial charge in [0, 0.05) is 18.0 Å². The summed E-state index contributed by atoms with van der Waals surface area (Å²) in [4.78, 5) is 6.84. The largest absolute Gasteiger partial charge is 0.377 e. The first-order valence-electron chi connectivity index (χ1n) is 5.24. The van der Waals surface area contributed by atoms with E-state index in [9.17, 15) is 0 Å². The number of anilines is 1. The third kappa shape index (κ3) is 2.30. The molecule has 2 atom stereocenters. The summed E-state index contributed by atoms with van der Waals surface area (Å²) in [6, 6.07) is 0.428. The van der Waals surface area contributed by atoms with Crippen LogP contribution in [-0.2, 0) is 4.74 Å². The van der Waals surface area contributed by atoms with Gasteiger partial charge in [-0.2, -0.15) is 0 Å². The Kier molecular flexibility index (Phi) is 3.23. The van der Waals surface area contributed by atoms with E-state index < -0.39 is 0 Å². The van der Waals surface area contributed by atoms with Gasteiger partial charge in [-0.05, 0) is 13.8 Å². The molecular weight excluding hydrogens is 210 g/mol. The van der Waals surface area contributed by atoms with Crippen LogP contribution in [0.3, 0.4) is 0 Å². The van der Waals surface area contributed by atoms with Gasteiger partial charge in [0.2, 0.25) is 0 Å². The lowest BCUT2D eigenvalue weighted by Gasteiger charge is -2.32. The molecule has 2 rings (SSSR count). The Balaban J connectivity index is 2.13. The molecule has 0 spiro atoms. The van der Waals surface area contributed by atoms with Crippen molar-refractivity contribution >= 4 is 16.5 Å². The van der Waals surface area contributed by atoms with Crippen molar-refractivity contribution in [2.24, 2.45) is 5.73 Å². The molecule has 0 amide bonds. The van der Waals surface area contributed by atoms with Crippen LogP contribution in [0.2, 0.25) is 0 Å². The van der Waals surface area contributed by atoms with Crippen LogP contribution in [0, 0.1) is 0 Å². The zero-order chi connectivity index (χ0) is 10.8. The first kappa shape index (κ1) is 10.9. The molecule has 0 saturated carbocycles. The Labute approximate surface area is 94.1 Å². The number of ether oxygens (including phenoxy) is 1. The topological polar surface area (TPSA) is 51.4 Å². The average Bonchev–Trinajstić information content (AvgIpc) is 2.67. The minimum Gasteiger partial charge on any atom is -0.377 e. The van der Waals surface area contributed by atoms with Gasteiger partial charge in [0.1, 0.15) is 0 Å². The quantitative estimate of drug-likeness (QED) is 0.829. The number of aromatic nitrogens is 1. The number of nitrogens with two attached hydrogens (primary N) is 1. The average molecular weight is 227 g/mol. The highest BCUT2D eigenvalue weighted by atomic mass is 32.1. The molecule has 0 radical (unpaired) electrons. The van der Waals surface area contributed by atoms with Gasteiger partial charge in [0.05, 0.1) is 24.9 Å². The minimum absolute atomic E-state index is 0.0198. The van der Waals surface area contributed by atoms with E-state index in [2.05, 4.69) is 16.8 Å². The van der Waals surface area contributed by atoms with Crippen LogP contribution < -0.4 is 10.6 Å². The third-order valence-corrected chi connectivity index (χ3v) is 3.49. The molecule has 4 nitrogen and oxygen atoms in total. The van der Waals surface area contributed by atoms with Gasteiger partial charge in [0.25, 0.3) is 0 Å². The van der Waals surface area contributed by atoms with Crippen LogP contribution in [0.15, 0.2) is 5.38 Å². The first-order chi connectivity index (χ1) is 7.18. The van der Waals surface area contributed by atoms with E-state index in [1.807, 2.05) is 12.3 Å². The zero-order valence-electron chi connectivity index (χ0n) is 9.14. The second-order valence-corrected chi connectivity index (χ2v) is 4.80. The summed E-state index contributed by atoms with van der Waals surface area (Å²) in [7, 11) is 0. The molecule has 1 aromatic rings. The normalized spacial score (nSPS) is 24.2. The van der Waals surface area contributed by atoms with Crippen molar-refractivity contribution in [2.45, 2.75) is 25.9 Å². The molecule has 0 bridgehead atoms. The number of nitrogens with zero attached hydrogens (tertiary/aromatic N) is 2. The highest BCUT2D eigenvalue weighted by Crippen LogP contribution is 2.25. The highest BCUT2D eigenvalue weighted by Gasteiger charge is 2.21. The second-order valence-electron chi connectivity index (χ2n) is 3.96. The van der Waals surface area contributed by atoms with Crippen molar-refractivity contribution in [3.63, 3.8) is 0 Å². The summed E-state index contributed by atoms with van der Waals surface area (Å²) < 4.78 is 5.40. The van der Waals surface area contributed by atoms with E-state index in [0.29, 0.717) is 6.04 Å². The standard InChI is InChI=1S/C10H17N3OS/c1-7-5-14-4-3-13(7)10-12-9(6-15-10)8(2)11/h6-8H,3-5,11H2,1-2H3. The number of morpholine rings is 1. The summed E-state index contributed by atoms with van der Waals surface area (Å²) >= 11 is 1.67. The number of rotatable bonds is 2. The fraction of sp³-hybridized carbons (Fsp3) is 0.700. The van der Waals surface area contributed by atoms with Crippen molar-refractivity contribution in [1.29, 1.82) is 0 Å². The Morgan fingerprint density at radius 1 is 1.73 bits per heavy atom. The van der Waals surface area contributed by atoms with E-state index in [1.165, 1.54) is 0 Å². The Morgan fingerprint density at radius 2 is 2.53 bits per heavy atom. The van der Waals surface area contributed by atoms with E-state index in [1.54, 1.807) is 11.3 Å². The smallest absolute Gasteiger partial charge is 0.185 e. The molecule has 0 aliphatic carbocycles. The number of hydrogen-bond donors (Lipinski definition) is 1. The molecule has 2 unspecified atom stereocenters. The SMILES string of the molecule is CC(N)c1csc(N2CCOCC2C)n1. The summed E-state index contributed by atoms with van der Waals surface area (Å²) in [6.07, 6.45) is 0. The van der Waals surface area contributed by atoms with Gasteiger partial charge in [0.15, 0.2) is 5.13 Å². The Morgan fingerprint density at radius 3 is 3.13 bits per heavy atom. The van der Waals surface area contributed by atoms with Crippen LogP contribution in [0.25, 0.3) is 0 Å². The third-order valence-electron chi connectivity index (χ3n) is 2.59. The zero-order valence-corrected chi connectivity index (χ0v) is 9.96. The molecular formula is C10H17N3OS. The second kappa shape index (κ2) is 4.47. The van der Waals surface area contributed by atoms with Crippen molar-refractivity contribution in [3.8, 4) is 0 Å². The van der Waals surface area contributed by atoms with Crippen molar-refractivity contribution in [3.05, 3.63) is 11.1 Å². The summed E-state index contributed by atoms with van der Waals surface area (Å²) in [5, 5.41) is 3.11. The van der Waals surface area contributed by atoms with E-state index >= 15 is 0 Å². The van der Waals surface area contributed by atoms with Crippen LogP contribution in [0.1, 0.15) is 25.6 Å². The van der Waals surface area contributed by atoms with Gasteiger partial charge in [-0.3, -0.25) is 0 Å². The predicted molar refractivity (Wildman–Crippen MR) is 62.3 cm³/mol. The summed E-state index contributed by atoms with van der Waals surface area (Å²) in [6.45, 7) is 6.62. The van der Waals surface area contributed by atoms with Gasteiger partial charge >= 0.3 is 0 Å². The van der Waals surface area contributed by atoms with Crippen LogP contribution in [-0.4, -0.2) is 30.8 Å². The molecule has 2 N–H and O–H groups in total. The monoisotopic (exact) mass is 227 g/mol. The molecule has 1 aliphatic heterocycles. The Hall–Kier alpha value is -0.650. The maximum absolute atomic E-state index is 5.79. The highest BCUT2D eigenvalue weighted by molar-refractivity contribution is 7.13. The first-order valence-corrected chi connectivity index (χ1v) is 6.12.